The second kappa shape index (κ2) is 6.66. The lowest BCUT2D eigenvalue weighted by atomic mass is 10.4. The summed E-state index contributed by atoms with van der Waals surface area (Å²) in [6.45, 7) is 14.8. The molecule has 0 radical (unpaired) electrons. The van der Waals surface area contributed by atoms with E-state index in [1.54, 1.807) is 0 Å². The van der Waals surface area contributed by atoms with Crippen LogP contribution in [0.1, 0.15) is 34.6 Å². The van der Waals surface area contributed by atoms with E-state index in [0.717, 1.165) is 11.6 Å². The molecule has 0 heterocycles. The van der Waals surface area contributed by atoms with Crippen molar-refractivity contribution in [2.24, 2.45) is 0 Å². The monoisotopic (exact) mass is 252 g/mol. The fraction of sp³-hybridized carbons (Fsp3) is 0.643. The number of hydrogen-bond acceptors (Lipinski definition) is 2. The predicted molar refractivity (Wildman–Crippen MR) is 75.4 cm³/mol. The second-order valence-electron chi connectivity index (χ2n) is 5.23. The van der Waals surface area contributed by atoms with Crippen molar-refractivity contribution >= 4 is 14.0 Å². The van der Waals surface area contributed by atoms with Crippen molar-refractivity contribution in [1.82, 2.24) is 0 Å². The maximum atomic E-state index is 11.2. The molecule has 0 rings (SSSR count). The SMILES string of the molecule is C=C(C)C[Si](C#CC(=O)OC)(C(C)C)C(C)C. The van der Waals surface area contributed by atoms with Crippen LogP contribution in [0.2, 0.25) is 17.1 Å². The zero-order chi connectivity index (χ0) is 13.6. The smallest absolute Gasteiger partial charge is 0.383 e. The second-order valence-corrected chi connectivity index (χ2v) is 10.2. The summed E-state index contributed by atoms with van der Waals surface area (Å²) in [5.74, 6) is 2.21. The summed E-state index contributed by atoms with van der Waals surface area (Å²) in [6.07, 6.45) is 0. The highest BCUT2D eigenvalue weighted by Gasteiger charge is 2.38. The van der Waals surface area contributed by atoms with Crippen molar-refractivity contribution in [2.75, 3.05) is 7.11 Å². The third-order valence-corrected chi connectivity index (χ3v) is 9.14. The first-order valence-electron chi connectivity index (χ1n) is 6.01. The summed E-state index contributed by atoms with van der Waals surface area (Å²) < 4.78 is 4.60. The van der Waals surface area contributed by atoms with Gasteiger partial charge in [-0.25, -0.2) is 4.79 Å². The first kappa shape index (κ1) is 16.0. The van der Waals surface area contributed by atoms with E-state index in [9.17, 15) is 4.79 Å². The van der Waals surface area contributed by atoms with Crippen molar-refractivity contribution in [3.63, 3.8) is 0 Å². The van der Waals surface area contributed by atoms with Crippen molar-refractivity contribution in [3.8, 4) is 11.5 Å². The quantitative estimate of drug-likeness (QED) is 0.331. The minimum absolute atomic E-state index is 0.440. The number of allylic oxidation sites excluding steroid dienone is 1. The fourth-order valence-corrected chi connectivity index (χ4v) is 6.27. The Labute approximate surface area is 106 Å². The Morgan fingerprint density at radius 3 is 2.06 bits per heavy atom. The first-order chi connectivity index (χ1) is 7.76. The molecule has 0 bridgehead atoms. The summed E-state index contributed by atoms with van der Waals surface area (Å²) in [6, 6.07) is 0.951. The molecule has 0 atom stereocenters. The van der Waals surface area contributed by atoms with Gasteiger partial charge in [0, 0.05) is 5.92 Å². The van der Waals surface area contributed by atoms with Crippen molar-refractivity contribution in [1.29, 1.82) is 0 Å². The molecular weight excluding hydrogens is 228 g/mol. The Morgan fingerprint density at radius 2 is 1.76 bits per heavy atom. The molecule has 0 aliphatic rings. The van der Waals surface area contributed by atoms with Crippen LogP contribution in [0.25, 0.3) is 0 Å². The predicted octanol–water partition coefficient (Wildman–Crippen LogP) is 3.55. The minimum atomic E-state index is -1.85. The molecule has 0 N–H and O–H groups in total. The Hall–Kier alpha value is -1.01. The first-order valence-corrected chi connectivity index (χ1v) is 8.38. The van der Waals surface area contributed by atoms with E-state index in [4.69, 9.17) is 0 Å². The van der Waals surface area contributed by atoms with Crippen LogP contribution in [-0.2, 0) is 9.53 Å². The van der Waals surface area contributed by atoms with Crippen LogP contribution < -0.4 is 0 Å². The van der Waals surface area contributed by atoms with Crippen LogP contribution >= 0.6 is 0 Å². The standard InChI is InChI=1S/C14H24O2Si/c1-11(2)10-17(12(3)4,13(5)6)9-8-14(15)16-7/h12-13H,1,10H2,2-7H3. The fourth-order valence-electron chi connectivity index (χ4n) is 2.13. The Kier molecular flexibility index (Phi) is 6.26. The lowest BCUT2D eigenvalue weighted by Crippen LogP contribution is -2.40. The van der Waals surface area contributed by atoms with Gasteiger partial charge in [-0.05, 0) is 24.1 Å². The summed E-state index contributed by atoms with van der Waals surface area (Å²) in [5.41, 5.74) is 5.41. The number of esters is 1. The van der Waals surface area contributed by atoms with Crippen LogP contribution in [0, 0.1) is 11.5 Å². The van der Waals surface area contributed by atoms with Crippen LogP contribution in [0.5, 0.6) is 0 Å². The number of carbonyl (C=O) groups excluding carboxylic acids is 1. The molecule has 0 fully saturated rings. The zero-order valence-electron chi connectivity index (χ0n) is 11.9. The molecule has 0 aliphatic carbocycles. The zero-order valence-corrected chi connectivity index (χ0v) is 12.9. The summed E-state index contributed by atoms with van der Waals surface area (Å²) in [4.78, 5) is 11.2. The summed E-state index contributed by atoms with van der Waals surface area (Å²) in [7, 11) is -0.489. The molecule has 0 aliphatic heterocycles. The summed E-state index contributed by atoms with van der Waals surface area (Å²) in [5, 5.41) is 0. The highest BCUT2D eigenvalue weighted by atomic mass is 28.3. The molecule has 0 aromatic rings. The number of hydrogen-bond donors (Lipinski definition) is 0. The Balaban J connectivity index is 5.37. The van der Waals surface area contributed by atoms with Gasteiger partial charge in [0.1, 0.15) is 8.07 Å². The van der Waals surface area contributed by atoms with Crippen LogP contribution in [0.3, 0.4) is 0 Å². The van der Waals surface area contributed by atoms with E-state index >= 15 is 0 Å². The van der Waals surface area contributed by atoms with Gasteiger partial charge in [-0.1, -0.05) is 33.3 Å². The van der Waals surface area contributed by atoms with Crippen molar-refractivity contribution in [2.45, 2.75) is 51.7 Å². The van der Waals surface area contributed by atoms with Gasteiger partial charge in [0.15, 0.2) is 0 Å². The Bertz CT molecular complexity index is 337. The highest BCUT2D eigenvalue weighted by Crippen LogP contribution is 2.37. The maximum absolute atomic E-state index is 11.2. The van der Waals surface area contributed by atoms with E-state index in [0.29, 0.717) is 11.1 Å². The molecule has 0 aromatic carbocycles. The topological polar surface area (TPSA) is 26.3 Å². The number of carbonyl (C=O) groups is 1. The van der Waals surface area contributed by atoms with E-state index in [1.807, 2.05) is 6.92 Å². The van der Waals surface area contributed by atoms with E-state index in [-0.39, 0.29) is 0 Å². The van der Waals surface area contributed by atoms with Gasteiger partial charge >= 0.3 is 5.97 Å². The number of ether oxygens (including phenoxy) is 1. The van der Waals surface area contributed by atoms with E-state index in [1.165, 1.54) is 7.11 Å². The average Bonchev–Trinajstić information content (AvgIpc) is 2.22. The molecule has 0 saturated heterocycles. The van der Waals surface area contributed by atoms with Gasteiger partial charge in [-0.3, -0.25) is 0 Å². The number of methoxy groups -OCH3 is 1. The van der Waals surface area contributed by atoms with Gasteiger partial charge in [-0.15, -0.1) is 12.1 Å². The minimum Gasteiger partial charge on any atom is -0.459 e. The molecule has 0 saturated carbocycles. The van der Waals surface area contributed by atoms with Gasteiger partial charge < -0.3 is 4.74 Å². The normalized spacial score (nSPS) is 11.1. The molecule has 0 amide bonds. The molecular formula is C14H24O2Si. The number of rotatable bonds is 4. The third-order valence-electron chi connectivity index (χ3n) is 3.24. The van der Waals surface area contributed by atoms with Gasteiger partial charge in [0.05, 0.1) is 7.11 Å². The average molecular weight is 252 g/mol. The molecule has 96 valence electrons. The van der Waals surface area contributed by atoms with E-state index < -0.39 is 14.0 Å². The lowest BCUT2D eigenvalue weighted by Gasteiger charge is -2.34. The maximum Gasteiger partial charge on any atom is 0.383 e. The summed E-state index contributed by atoms with van der Waals surface area (Å²) >= 11 is 0. The van der Waals surface area contributed by atoms with Crippen molar-refractivity contribution in [3.05, 3.63) is 12.2 Å². The Morgan fingerprint density at radius 1 is 1.29 bits per heavy atom. The van der Waals surface area contributed by atoms with Crippen LogP contribution in [0.15, 0.2) is 12.2 Å². The van der Waals surface area contributed by atoms with E-state index in [2.05, 4.69) is 50.5 Å². The van der Waals surface area contributed by atoms with Crippen LogP contribution in [0.4, 0.5) is 0 Å². The molecule has 0 spiro atoms. The van der Waals surface area contributed by atoms with Gasteiger partial charge in [0.25, 0.3) is 0 Å². The molecule has 0 unspecified atom stereocenters. The van der Waals surface area contributed by atoms with Crippen molar-refractivity contribution < 1.29 is 9.53 Å². The molecule has 2 nitrogen and oxygen atoms in total. The third kappa shape index (κ3) is 4.39. The highest BCUT2D eigenvalue weighted by molar-refractivity contribution is 6.90. The molecule has 3 heteroatoms. The lowest BCUT2D eigenvalue weighted by molar-refractivity contribution is -0.133. The molecule has 17 heavy (non-hydrogen) atoms. The van der Waals surface area contributed by atoms with Crippen LogP contribution in [-0.4, -0.2) is 21.2 Å². The molecule has 0 aromatic heterocycles. The van der Waals surface area contributed by atoms with Gasteiger partial charge in [-0.2, -0.15) is 0 Å². The van der Waals surface area contributed by atoms with Gasteiger partial charge in [0.2, 0.25) is 0 Å². The largest absolute Gasteiger partial charge is 0.459 e.